The fourth-order valence-corrected chi connectivity index (χ4v) is 9.16. The summed E-state index contributed by atoms with van der Waals surface area (Å²) in [7, 11) is 0. The molecule has 3 aromatic carbocycles. The Kier molecular flexibility index (Phi) is 11.5. The van der Waals surface area contributed by atoms with Gasteiger partial charge in [-0.2, -0.15) is 0 Å². The molecular weight excluding hydrogens is 801 g/mol. The summed E-state index contributed by atoms with van der Waals surface area (Å²) >= 11 is -1.91. The van der Waals surface area contributed by atoms with Gasteiger partial charge in [0, 0.05) is 31.7 Å². The number of hydrogen-bond acceptors (Lipinski definition) is 3. The fourth-order valence-electron chi connectivity index (χ4n) is 5.86. The van der Waals surface area contributed by atoms with Crippen molar-refractivity contribution in [1.82, 2.24) is 9.97 Å². The van der Waals surface area contributed by atoms with E-state index in [2.05, 4.69) is 125 Å². The zero-order valence-electron chi connectivity index (χ0n) is 28.7. The van der Waals surface area contributed by atoms with Crippen LogP contribution in [0, 0.1) is 30.4 Å². The summed E-state index contributed by atoms with van der Waals surface area (Å²) in [6.45, 7) is 13.5. The molecule has 0 aliphatic heterocycles. The molecule has 6 aromatic rings. The molecule has 0 bridgehead atoms. The van der Waals surface area contributed by atoms with E-state index >= 15 is 0 Å². The van der Waals surface area contributed by atoms with Gasteiger partial charge in [0.2, 0.25) is 0 Å². The number of aromatic nitrogens is 2. The minimum atomic E-state index is -1.91. The van der Waals surface area contributed by atoms with Crippen LogP contribution < -0.4 is 4.40 Å². The van der Waals surface area contributed by atoms with Gasteiger partial charge in [-0.3, -0.25) is 0 Å². The van der Waals surface area contributed by atoms with E-state index in [0.29, 0.717) is 5.92 Å². The largest absolute Gasteiger partial charge is 0 e. The second-order valence-electron chi connectivity index (χ2n) is 14.8. The molecule has 0 fully saturated rings. The van der Waals surface area contributed by atoms with Crippen LogP contribution in [0.3, 0.4) is 0 Å². The predicted molar refractivity (Wildman–Crippen MR) is 194 cm³/mol. The van der Waals surface area contributed by atoms with Crippen molar-refractivity contribution in [2.45, 2.75) is 71.7 Å². The van der Waals surface area contributed by atoms with E-state index in [1.54, 1.807) is 0 Å². The summed E-state index contributed by atoms with van der Waals surface area (Å²) < 4.78 is 7.62. The van der Waals surface area contributed by atoms with Crippen LogP contribution in [-0.2, 0) is 32.9 Å². The minimum absolute atomic E-state index is 0. The third kappa shape index (κ3) is 8.85. The molecule has 5 heteroatoms. The van der Waals surface area contributed by atoms with Crippen molar-refractivity contribution >= 4 is 39.6 Å². The van der Waals surface area contributed by atoms with Crippen LogP contribution in [0.1, 0.15) is 51.3 Å². The van der Waals surface area contributed by atoms with E-state index in [1.807, 2.05) is 36.5 Å². The molecule has 3 heterocycles. The zero-order valence-corrected chi connectivity index (χ0v) is 33.2. The molecule has 0 aliphatic carbocycles. The first-order valence-corrected chi connectivity index (χ1v) is 23.4. The van der Waals surface area contributed by atoms with Gasteiger partial charge in [0.15, 0.2) is 0 Å². The van der Waals surface area contributed by atoms with Gasteiger partial charge in [-0.05, 0) is 30.2 Å². The van der Waals surface area contributed by atoms with Gasteiger partial charge >= 0.3 is 138 Å². The Morgan fingerprint density at radius 2 is 1.59 bits per heavy atom. The quantitative estimate of drug-likeness (QED) is 0.124. The maximum Gasteiger partial charge on any atom is 0 e. The molecule has 241 valence electrons. The third-order valence-corrected chi connectivity index (χ3v) is 12.1. The molecule has 1 radical (unpaired) electrons. The smallest absolute Gasteiger partial charge is 0 e. The number of furan rings is 1. The van der Waals surface area contributed by atoms with E-state index < -0.39 is 13.3 Å². The Hall–Kier alpha value is -3.05. The van der Waals surface area contributed by atoms with Gasteiger partial charge in [-0.15, -0.1) is 18.2 Å². The first-order chi connectivity index (χ1) is 21.3. The topological polar surface area (TPSA) is 38.9 Å². The Labute approximate surface area is 292 Å². The summed E-state index contributed by atoms with van der Waals surface area (Å²) in [6, 6.07) is 31.6. The summed E-state index contributed by atoms with van der Waals surface area (Å²) in [6.07, 6.45) is 6.17. The third-order valence-electron chi connectivity index (χ3n) is 7.81. The van der Waals surface area contributed by atoms with Crippen LogP contribution in [0.4, 0.5) is 0 Å². The van der Waals surface area contributed by atoms with E-state index in [-0.39, 0.29) is 25.5 Å². The summed E-state index contributed by atoms with van der Waals surface area (Å²) in [4.78, 5) is 9.31. The maximum absolute atomic E-state index is 6.09. The normalized spacial score (nSPS) is 11.8. The summed E-state index contributed by atoms with van der Waals surface area (Å²) in [5.41, 5.74) is 10.1. The van der Waals surface area contributed by atoms with Crippen LogP contribution in [0.2, 0.25) is 17.3 Å². The molecule has 46 heavy (non-hydrogen) atoms. The second-order valence-corrected chi connectivity index (χ2v) is 25.4. The van der Waals surface area contributed by atoms with Gasteiger partial charge < -0.3 is 9.40 Å². The molecular formula is C41H46GeIrN2O-2. The van der Waals surface area contributed by atoms with Gasteiger partial charge in [0.1, 0.15) is 5.58 Å². The Morgan fingerprint density at radius 1 is 0.848 bits per heavy atom. The number of rotatable bonds is 6. The standard InChI is InChI=1S/C21H18NO.C20H28GeN.Ir/c1-14(2)12-15-10-11-22-19(13-15)18-8-5-7-17-16-6-3-4-9-20(16)23-21(17)18;1-15-9-8-10-16(11-15)19-12-17(13-20(2,3)4)18(14-22-19)21(5,6)7;/h3-7,9-11,13-14H,12H2,1-2H3;8-9,11-12,14H,13H2,1-7H3;/q2*-1;. The number of pyridine rings is 2. The minimum Gasteiger partial charge on any atom is 0 e. The van der Waals surface area contributed by atoms with Crippen LogP contribution in [0.5, 0.6) is 0 Å². The van der Waals surface area contributed by atoms with Crippen molar-refractivity contribution in [2.75, 3.05) is 0 Å². The Balaban J connectivity index is 0.000000205. The molecule has 0 atom stereocenters. The molecule has 0 saturated heterocycles. The summed E-state index contributed by atoms with van der Waals surface area (Å²) in [5.74, 6) is 7.96. The average molecular weight is 848 g/mol. The van der Waals surface area contributed by atoms with Gasteiger partial charge in [-0.25, -0.2) is 0 Å². The van der Waals surface area contributed by atoms with Crippen molar-refractivity contribution in [3.63, 3.8) is 0 Å². The number of hydrogen-bond donors (Lipinski definition) is 0. The molecule has 0 unspecified atom stereocenters. The van der Waals surface area contributed by atoms with Crippen molar-refractivity contribution in [3.05, 3.63) is 114 Å². The second kappa shape index (κ2) is 14.8. The maximum atomic E-state index is 6.09. The molecule has 0 spiro atoms. The van der Waals surface area contributed by atoms with Crippen LogP contribution in [0.25, 0.3) is 44.5 Å². The predicted octanol–water partition coefficient (Wildman–Crippen LogP) is 10.6. The zero-order chi connectivity index (χ0) is 32.4. The van der Waals surface area contributed by atoms with Crippen molar-refractivity contribution < 1.29 is 24.5 Å². The van der Waals surface area contributed by atoms with Crippen molar-refractivity contribution in [2.24, 2.45) is 11.3 Å². The van der Waals surface area contributed by atoms with Gasteiger partial charge in [0.05, 0.1) is 5.58 Å². The van der Waals surface area contributed by atoms with Gasteiger partial charge in [0.25, 0.3) is 0 Å². The van der Waals surface area contributed by atoms with Gasteiger partial charge in [-0.1, -0.05) is 54.6 Å². The number of fused-ring (bicyclic) bond motifs is 3. The van der Waals surface area contributed by atoms with E-state index in [9.17, 15) is 0 Å². The van der Waals surface area contributed by atoms with Crippen molar-refractivity contribution in [3.8, 4) is 22.5 Å². The number of para-hydroxylation sites is 1. The molecule has 3 nitrogen and oxygen atoms in total. The summed E-state index contributed by atoms with van der Waals surface area (Å²) in [5, 5.41) is 2.25. The van der Waals surface area contributed by atoms with Crippen LogP contribution >= 0.6 is 0 Å². The monoisotopic (exact) mass is 849 g/mol. The number of aryl methyl sites for hydroxylation is 1. The molecule has 3 aromatic heterocycles. The van der Waals surface area contributed by atoms with Crippen molar-refractivity contribution in [1.29, 1.82) is 0 Å². The van der Waals surface area contributed by atoms with Crippen LogP contribution in [0.15, 0.2) is 89.6 Å². The molecule has 6 rings (SSSR count). The van der Waals surface area contributed by atoms with E-state index in [0.717, 1.165) is 57.3 Å². The average Bonchev–Trinajstić information content (AvgIpc) is 3.35. The van der Waals surface area contributed by atoms with E-state index in [4.69, 9.17) is 9.40 Å². The molecule has 0 saturated carbocycles. The fraction of sp³-hybridized carbons (Fsp3) is 0.317. The molecule has 0 N–H and O–H groups in total. The number of nitrogens with zero attached hydrogens (tertiary/aromatic N) is 2. The first kappa shape index (κ1) is 35.8. The molecule has 0 aliphatic rings. The molecule has 0 amide bonds. The first-order valence-electron chi connectivity index (χ1n) is 16.0. The van der Waals surface area contributed by atoms with E-state index in [1.165, 1.54) is 21.1 Å². The SMILES string of the molecule is CC(C)Cc1ccnc(-c2[c-]ccc3c2oc2ccccc23)c1.Cc1cc[c-]c(-c2cc(CC(C)(C)C)[c]([Ge]([CH3])([CH3])[CH3])cn2)c1.[Ir]. The van der Waals surface area contributed by atoms with Crippen LogP contribution in [-0.4, -0.2) is 23.2 Å². The Bertz CT molecular complexity index is 1930. The Morgan fingerprint density at radius 3 is 2.28 bits per heavy atom. The number of benzene rings is 3.